The quantitative estimate of drug-likeness (QED) is 0.0273. The molecular weight excluding hydrogens is 1220 g/mol. The minimum absolute atomic E-state index is 0.00136. The highest BCUT2D eigenvalue weighted by Crippen LogP contribution is 2.21. The van der Waals surface area contributed by atoms with E-state index < -0.39 is 243 Å². The van der Waals surface area contributed by atoms with E-state index in [1.807, 2.05) is 0 Å². The number of likely N-dealkylation sites (tertiary alicyclic amines) is 2. The zero-order chi connectivity index (χ0) is 70.0. The Balaban J connectivity index is 2.18. The van der Waals surface area contributed by atoms with Crippen LogP contribution in [0.2, 0.25) is 0 Å². The van der Waals surface area contributed by atoms with Gasteiger partial charge in [0, 0.05) is 25.9 Å². The maximum absolute atomic E-state index is 13.8. The third-order valence-corrected chi connectivity index (χ3v) is 14.7. The van der Waals surface area contributed by atoms with Crippen molar-refractivity contribution >= 4 is 101 Å². The fourth-order valence-corrected chi connectivity index (χ4v) is 9.20. The highest BCUT2D eigenvalue weighted by Gasteiger charge is 2.42. The molecule has 2 saturated heterocycles. The number of hydrogen-bond donors (Lipinski definition) is 19. The molecule has 0 saturated carbocycles. The number of nitrogens with one attached hydrogen (secondary N) is 11. The Morgan fingerprint density at radius 1 is 0.446 bits per heavy atom. The predicted octanol–water partition coefficient (Wildman–Crippen LogP) is -10.3. The molecule has 0 aromatic rings. The number of carbonyl (C=O) groups is 17. The summed E-state index contributed by atoms with van der Waals surface area (Å²) >= 11 is 0. The van der Waals surface area contributed by atoms with Crippen molar-refractivity contribution in [2.75, 3.05) is 39.5 Å². The Kier molecular flexibility index (Phi) is 32.5. The minimum Gasteiger partial charge on any atom is -0.481 e. The molecule has 2 rings (SSSR count). The van der Waals surface area contributed by atoms with Crippen LogP contribution in [0.25, 0.3) is 0 Å². The summed E-state index contributed by atoms with van der Waals surface area (Å²) in [4.78, 5) is 223. The van der Waals surface area contributed by atoms with Crippen LogP contribution in [0, 0.1) is 11.8 Å². The van der Waals surface area contributed by atoms with E-state index in [0.29, 0.717) is 6.42 Å². The van der Waals surface area contributed by atoms with Gasteiger partial charge in [-0.3, -0.25) is 81.5 Å². The molecule has 2 heterocycles. The van der Waals surface area contributed by atoms with Crippen molar-refractivity contribution in [1.82, 2.24) is 68.3 Å². The SMILES string of the molecule is CC(C)[C@H](N)C(=O)N[C@H](C(=O)NCC(=O)N[C@@H](CO)C(=O)N1CCC[C@H]1C(=O)N[C@@H](CO)C(=O)N[C@@H](C)C(=O)N[C@@H](CCC(N)=O)C(=O)N[C@@H](CC(=O)O)C(=O)N[C@@H](CCC(=O)O)C(=O)N[C@@H](C)C(=O)N[C@@H](CO)C(=O)N1CCC[C@H]1C(=O)N[C@@H](C)C(N)=O)C(C)C. The molecule has 0 aromatic carbocycles. The highest BCUT2D eigenvalue weighted by atomic mass is 16.4. The molecule has 15 amide bonds. The van der Waals surface area contributed by atoms with E-state index >= 15 is 0 Å². The van der Waals surface area contributed by atoms with Crippen molar-refractivity contribution in [3.63, 3.8) is 0 Å². The van der Waals surface area contributed by atoms with E-state index in [1.54, 1.807) is 27.7 Å². The third-order valence-electron chi connectivity index (χ3n) is 14.7. The van der Waals surface area contributed by atoms with Gasteiger partial charge in [0.15, 0.2) is 0 Å². The Morgan fingerprint density at radius 2 is 0.870 bits per heavy atom. The van der Waals surface area contributed by atoms with Gasteiger partial charge in [0.1, 0.15) is 72.5 Å². The maximum atomic E-state index is 13.8. The molecule has 0 radical (unpaired) electrons. The topological polar surface area (TPSA) is 608 Å². The van der Waals surface area contributed by atoms with E-state index in [9.17, 15) is 107 Å². The van der Waals surface area contributed by atoms with Crippen molar-refractivity contribution in [2.45, 2.75) is 185 Å². The monoisotopic (exact) mass is 1310 g/mol. The van der Waals surface area contributed by atoms with Gasteiger partial charge < -0.3 is 111 Å². The van der Waals surface area contributed by atoms with Gasteiger partial charge in [-0.1, -0.05) is 27.7 Å². The summed E-state index contributed by atoms with van der Waals surface area (Å²) in [6, 6.07) is -19.8. The Hall–Kier alpha value is -9.17. The number of amides is 15. The van der Waals surface area contributed by atoms with Crippen LogP contribution in [0.4, 0.5) is 0 Å². The van der Waals surface area contributed by atoms with Crippen LogP contribution < -0.4 is 75.7 Å². The first-order valence-electron chi connectivity index (χ1n) is 29.5. The van der Waals surface area contributed by atoms with Gasteiger partial charge >= 0.3 is 11.9 Å². The lowest BCUT2D eigenvalue weighted by molar-refractivity contribution is -0.143. The van der Waals surface area contributed by atoms with Crippen LogP contribution in [0.3, 0.4) is 0 Å². The van der Waals surface area contributed by atoms with Crippen molar-refractivity contribution in [3.05, 3.63) is 0 Å². The summed E-state index contributed by atoms with van der Waals surface area (Å²) in [5.41, 5.74) is 16.4. The number of rotatable bonds is 38. The van der Waals surface area contributed by atoms with Crippen molar-refractivity contribution in [3.8, 4) is 0 Å². The zero-order valence-corrected chi connectivity index (χ0v) is 52.1. The van der Waals surface area contributed by atoms with Crippen molar-refractivity contribution in [1.29, 1.82) is 0 Å². The lowest BCUT2D eigenvalue weighted by Gasteiger charge is -2.29. The molecule has 0 unspecified atom stereocenters. The van der Waals surface area contributed by atoms with Gasteiger partial charge in [0.05, 0.1) is 38.8 Å². The van der Waals surface area contributed by atoms with Gasteiger partial charge in [-0.15, -0.1) is 0 Å². The van der Waals surface area contributed by atoms with Crippen LogP contribution >= 0.6 is 0 Å². The molecule has 516 valence electrons. The predicted molar refractivity (Wildman–Crippen MR) is 314 cm³/mol. The molecule has 22 N–H and O–H groups in total. The number of carbonyl (C=O) groups excluding carboxylic acids is 15. The smallest absolute Gasteiger partial charge is 0.305 e. The van der Waals surface area contributed by atoms with Crippen LogP contribution in [0.1, 0.15) is 106 Å². The van der Waals surface area contributed by atoms with Crippen LogP contribution in [-0.4, -0.2) is 254 Å². The molecule has 13 atom stereocenters. The number of carboxylic acids is 2. The van der Waals surface area contributed by atoms with Gasteiger partial charge in [0.25, 0.3) is 0 Å². The summed E-state index contributed by atoms with van der Waals surface area (Å²) in [6.45, 7) is 6.36. The highest BCUT2D eigenvalue weighted by molar-refractivity contribution is 6.00. The standard InChI is InChI=1S/C54H88N16O22/c1-23(2)40(56)51(89)68-41(24(3)4)52(90)58-19-37(75)62-32(21-72)53(91)70-17-9-11-35(70)50(88)66-31(20-71)48(86)61-26(6)43(81)63-28(12-14-36(55)74)46(84)65-30(18-39(78)79)47(85)64-29(13-15-38(76)77)45(83)60-27(7)44(82)67-33(22-73)54(92)69-16-8-10-34(69)49(87)59-25(5)42(57)80/h23-35,40-41,71-73H,8-22,56H2,1-7H3,(H2,55,74)(H2,57,80)(H,58,90)(H,59,87)(H,60,83)(H,61,86)(H,62,75)(H,63,81)(H,64,85)(H,65,84)(H,66,88)(H,67,82)(H,68,89)(H,76,77)(H,78,79)/t25-,26-,27-,28-,29-,30-,31-,32-,33-,34-,35-,40-,41-/m0/s1. The summed E-state index contributed by atoms with van der Waals surface area (Å²) in [6.07, 6.45) is -3.31. The van der Waals surface area contributed by atoms with Crippen molar-refractivity contribution in [2.24, 2.45) is 29.0 Å². The first-order valence-corrected chi connectivity index (χ1v) is 29.5. The number of aliphatic hydroxyl groups excluding tert-OH is 3. The molecule has 2 fully saturated rings. The number of aliphatic carboxylic acids is 2. The molecule has 0 bridgehead atoms. The minimum atomic E-state index is -2.13. The fraction of sp³-hybridized carbons (Fsp3) is 0.685. The van der Waals surface area contributed by atoms with Crippen LogP contribution in [0.15, 0.2) is 0 Å². The van der Waals surface area contributed by atoms with Gasteiger partial charge in [-0.2, -0.15) is 0 Å². The largest absolute Gasteiger partial charge is 0.481 e. The first kappa shape index (κ1) is 78.9. The molecular formula is C54H88N16O22. The Bertz CT molecular complexity index is 2730. The molecule has 92 heavy (non-hydrogen) atoms. The summed E-state index contributed by atoms with van der Waals surface area (Å²) in [7, 11) is 0. The lowest BCUT2D eigenvalue weighted by atomic mass is 10.0. The fourth-order valence-electron chi connectivity index (χ4n) is 9.20. The second-order valence-electron chi connectivity index (χ2n) is 22.7. The third kappa shape index (κ3) is 24.9. The van der Waals surface area contributed by atoms with E-state index in [1.165, 1.54) is 6.92 Å². The summed E-state index contributed by atoms with van der Waals surface area (Å²) < 4.78 is 0. The van der Waals surface area contributed by atoms with E-state index in [4.69, 9.17) is 17.2 Å². The number of hydrogen-bond acceptors (Lipinski definition) is 21. The average Bonchev–Trinajstić information content (AvgIpc) is 1.67. The second-order valence-corrected chi connectivity index (χ2v) is 22.7. The van der Waals surface area contributed by atoms with E-state index in [-0.39, 0.29) is 38.3 Å². The summed E-state index contributed by atoms with van der Waals surface area (Å²) in [5.74, 6) is -19.2. The number of nitrogens with zero attached hydrogens (tertiary/aromatic N) is 2. The second kappa shape index (κ2) is 37.9. The van der Waals surface area contributed by atoms with Crippen LogP contribution in [0.5, 0.6) is 0 Å². The Morgan fingerprint density at radius 3 is 1.32 bits per heavy atom. The molecule has 0 aromatic heterocycles. The number of nitrogens with two attached hydrogens (primary N) is 3. The van der Waals surface area contributed by atoms with Crippen LogP contribution in [-0.2, 0) is 81.5 Å². The molecule has 0 spiro atoms. The number of aliphatic hydroxyl groups is 3. The average molecular weight is 1310 g/mol. The van der Waals surface area contributed by atoms with Gasteiger partial charge in [0.2, 0.25) is 88.6 Å². The van der Waals surface area contributed by atoms with E-state index in [2.05, 4.69) is 58.5 Å². The van der Waals surface area contributed by atoms with Gasteiger partial charge in [-0.05, 0) is 71.1 Å². The first-order chi connectivity index (χ1) is 43.0. The number of carboxylic acid groups (broad SMARTS) is 2. The molecule has 2 aliphatic heterocycles. The molecule has 2 aliphatic rings. The zero-order valence-electron chi connectivity index (χ0n) is 52.1. The normalized spacial score (nSPS) is 18.0. The van der Waals surface area contributed by atoms with E-state index in [0.717, 1.165) is 23.6 Å². The maximum Gasteiger partial charge on any atom is 0.305 e. The lowest BCUT2D eigenvalue weighted by Crippen LogP contribution is -2.61. The van der Waals surface area contributed by atoms with Gasteiger partial charge in [-0.25, -0.2) is 0 Å². The van der Waals surface area contributed by atoms with Crippen molar-refractivity contribution < 1.29 is 107 Å². The molecule has 38 heteroatoms. The summed E-state index contributed by atoms with van der Waals surface area (Å²) in [5, 5.41) is 74.3. The molecule has 0 aliphatic carbocycles. The molecule has 38 nitrogen and oxygen atoms in total. The number of primary amides is 2. The Labute approximate surface area is 527 Å².